The van der Waals surface area contributed by atoms with E-state index in [2.05, 4.69) is 22.2 Å². The van der Waals surface area contributed by atoms with Crippen LogP contribution in [0.3, 0.4) is 0 Å². The lowest BCUT2D eigenvalue weighted by atomic mass is 10.1. The third kappa shape index (κ3) is 2.87. The minimum Gasteiger partial charge on any atom is -0.305 e. The van der Waals surface area contributed by atoms with Crippen molar-refractivity contribution in [3.05, 3.63) is 60.2 Å². The fourth-order valence-corrected chi connectivity index (χ4v) is 1.53. The van der Waals surface area contributed by atoms with Crippen molar-refractivity contribution >= 4 is 0 Å². The second-order valence-electron chi connectivity index (χ2n) is 3.70. The molecule has 82 valence electrons. The molecule has 0 saturated carbocycles. The van der Waals surface area contributed by atoms with Crippen LogP contribution in [0.4, 0.5) is 0 Å². The molecule has 0 radical (unpaired) electrons. The van der Waals surface area contributed by atoms with Crippen molar-refractivity contribution in [2.45, 2.75) is 19.5 Å². The Balaban J connectivity index is 1.92. The maximum Gasteiger partial charge on any atom is 0.0541 e. The molecule has 2 aromatic heterocycles. The lowest BCUT2D eigenvalue weighted by molar-refractivity contribution is 0.567. The van der Waals surface area contributed by atoms with E-state index in [9.17, 15) is 0 Å². The van der Waals surface area contributed by atoms with Gasteiger partial charge in [0.15, 0.2) is 0 Å². The normalized spacial score (nSPS) is 12.3. The molecule has 0 fully saturated rings. The van der Waals surface area contributed by atoms with Gasteiger partial charge in [-0.2, -0.15) is 0 Å². The Bertz CT molecular complexity index is 414. The van der Waals surface area contributed by atoms with Gasteiger partial charge in [-0.1, -0.05) is 6.07 Å². The molecule has 0 aromatic carbocycles. The van der Waals surface area contributed by atoms with Crippen molar-refractivity contribution in [3.8, 4) is 0 Å². The minimum absolute atomic E-state index is 0.310. The summed E-state index contributed by atoms with van der Waals surface area (Å²) in [5, 5.41) is 3.42. The van der Waals surface area contributed by atoms with Gasteiger partial charge in [-0.25, -0.2) is 0 Å². The highest BCUT2D eigenvalue weighted by molar-refractivity contribution is 5.14. The summed E-state index contributed by atoms with van der Waals surface area (Å²) in [6, 6.07) is 10.3. The Morgan fingerprint density at radius 1 is 1.12 bits per heavy atom. The van der Waals surface area contributed by atoms with Crippen molar-refractivity contribution in [3.63, 3.8) is 0 Å². The van der Waals surface area contributed by atoms with Crippen LogP contribution < -0.4 is 5.32 Å². The van der Waals surface area contributed by atoms with Gasteiger partial charge in [0.2, 0.25) is 0 Å². The highest BCUT2D eigenvalue weighted by Gasteiger charge is 2.03. The molecule has 3 heteroatoms. The molecule has 1 N–H and O–H groups in total. The molecule has 0 aliphatic carbocycles. The van der Waals surface area contributed by atoms with E-state index in [1.165, 1.54) is 5.56 Å². The molecule has 0 aliphatic rings. The largest absolute Gasteiger partial charge is 0.305 e. The average Bonchev–Trinajstić information content (AvgIpc) is 2.38. The summed E-state index contributed by atoms with van der Waals surface area (Å²) in [5.74, 6) is 0. The lowest BCUT2D eigenvalue weighted by Crippen LogP contribution is -2.18. The smallest absolute Gasteiger partial charge is 0.0541 e. The molecule has 0 saturated heterocycles. The van der Waals surface area contributed by atoms with Crippen LogP contribution in [-0.2, 0) is 6.54 Å². The van der Waals surface area contributed by atoms with E-state index in [1.807, 2.05) is 48.9 Å². The van der Waals surface area contributed by atoms with Gasteiger partial charge < -0.3 is 5.32 Å². The number of rotatable bonds is 4. The quantitative estimate of drug-likeness (QED) is 0.847. The van der Waals surface area contributed by atoms with E-state index in [1.54, 1.807) is 0 Å². The minimum atomic E-state index is 0.310. The fraction of sp³-hybridized carbons (Fsp3) is 0.231. The van der Waals surface area contributed by atoms with Crippen LogP contribution >= 0.6 is 0 Å². The highest BCUT2D eigenvalue weighted by Crippen LogP contribution is 2.10. The summed E-state index contributed by atoms with van der Waals surface area (Å²) in [5.41, 5.74) is 2.30. The third-order valence-corrected chi connectivity index (χ3v) is 2.52. The molecule has 2 heterocycles. The maximum absolute atomic E-state index is 4.27. The van der Waals surface area contributed by atoms with Crippen molar-refractivity contribution in [1.82, 2.24) is 15.3 Å². The Morgan fingerprint density at radius 2 is 1.94 bits per heavy atom. The van der Waals surface area contributed by atoms with Crippen LogP contribution in [0.25, 0.3) is 0 Å². The number of aromatic nitrogens is 2. The van der Waals surface area contributed by atoms with Crippen LogP contribution in [0, 0.1) is 0 Å². The van der Waals surface area contributed by atoms with Crippen molar-refractivity contribution < 1.29 is 0 Å². The predicted octanol–water partition coefficient (Wildman–Crippen LogP) is 2.33. The highest BCUT2D eigenvalue weighted by atomic mass is 14.9. The van der Waals surface area contributed by atoms with Crippen molar-refractivity contribution in [2.24, 2.45) is 0 Å². The van der Waals surface area contributed by atoms with Gasteiger partial charge in [0.25, 0.3) is 0 Å². The van der Waals surface area contributed by atoms with Gasteiger partial charge >= 0.3 is 0 Å². The topological polar surface area (TPSA) is 37.8 Å². The van der Waals surface area contributed by atoms with Crippen molar-refractivity contribution in [2.75, 3.05) is 0 Å². The van der Waals surface area contributed by atoms with Crippen LogP contribution in [0.2, 0.25) is 0 Å². The van der Waals surface area contributed by atoms with Crippen LogP contribution in [0.1, 0.15) is 24.2 Å². The zero-order valence-electron chi connectivity index (χ0n) is 9.30. The standard InChI is InChI=1S/C13H15N3/c1-11(12-5-8-14-9-6-12)16-10-13-4-2-3-7-15-13/h2-9,11,16H,10H2,1H3. The molecule has 0 spiro atoms. The molecule has 2 rings (SSSR count). The van der Waals surface area contributed by atoms with E-state index >= 15 is 0 Å². The molecular formula is C13H15N3. The number of pyridine rings is 2. The summed E-state index contributed by atoms with van der Waals surface area (Å²) in [4.78, 5) is 8.28. The number of nitrogens with one attached hydrogen (secondary N) is 1. The second kappa shape index (κ2) is 5.37. The summed E-state index contributed by atoms with van der Waals surface area (Å²) >= 11 is 0. The second-order valence-corrected chi connectivity index (χ2v) is 3.70. The predicted molar refractivity (Wildman–Crippen MR) is 63.7 cm³/mol. The maximum atomic E-state index is 4.27. The molecule has 0 amide bonds. The Morgan fingerprint density at radius 3 is 2.62 bits per heavy atom. The molecule has 1 atom stereocenters. The first-order valence-electron chi connectivity index (χ1n) is 5.39. The summed E-state index contributed by atoms with van der Waals surface area (Å²) in [6.07, 6.45) is 5.44. The van der Waals surface area contributed by atoms with Gasteiger partial charge in [-0.05, 0) is 36.8 Å². The zero-order chi connectivity index (χ0) is 11.2. The molecule has 3 nitrogen and oxygen atoms in total. The Hall–Kier alpha value is -1.74. The number of nitrogens with zero attached hydrogens (tertiary/aromatic N) is 2. The Kier molecular flexibility index (Phi) is 3.62. The molecule has 2 aromatic rings. The molecule has 16 heavy (non-hydrogen) atoms. The first kappa shape index (κ1) is 10.8. The number of hydrogen-bond acceptors (Lipinski definition) is 3. The van der Waals surface area contributed by atoms with E-state index in [4.69, 9.17) is 0 Å². The summed E-state index contributed by atoms with van der Waals surface area (Å²) < 4.78 is 0. The van der Waals surface area contributed by atoms with E-state index in [-0.39, 0.29) is 0 Å². The van der Waals surface area contributed by atoms with Gasteiger partial charge in [-0.3, -0.25) is 9.97 Å². The zero-order valence-corrected chi connectivity index (χ0v) is 9.30. The van der Waals surface area contributed by atoms with E-state index in [0.717, 1.165) is 12.2 Å². The fourth-order valence-electron chi connectivity index (χ4n) is 1.53. The van der Waals surface area contributed by atoms with Gasteiger partial charge in [-0.15, -0.1) is 0 Å². The lowest BCUT2D eigenvalue weighted by Gasteiger charge is -2.13. The molecule has 0 aliphatic heterocycles. The van der Waals surface area contributed by atoms with Crippen LogP contribution in [0.5, 0.6) is 0 Å². The molecule has 0 bridgehead atoms. The molecule has 1 unspecified atom stereocenters. The Labute approximate surface area is 95.6 Å². The van der Waals surface area contributed by atoms with E-state index in [0.29, 0.717) is 6.04 Å². The summed E-state index contributed by atoms with van der Waals surface area (Å²) in [7, 11) is 0. The monoisotopic (exact) mass is 213 g/mol. The van der Waals surface area contributed by atoms with Gasteiger partial charge in [0.1, 0.15) is 0 Å². The van der Waals surface area contributed by atoms with Crippen LogP contribution in [-0.4, -0.2) is 9.97 Å². The van der Waals surface area contributed by atoms with Crippen molar-refractivity contribution in [1.29, 1.82) is 0 Å². The SMILES string of the molecule is CC(NCc1ccccn1)c1ccncc1. The van der Waals surface area contributed by atoms with Crippen LogP contribution in [0.15, 0.2) is 48.9 Å². The summed E-state index contributed by atoms with van der Waals surface area (Å²) in [6.45, 7) is 2.92. The van der Waals surface area contributed by atoms with Gasteiger partial charge in [0, 0.05) is 31.2 Å². The average molecular weight is 213 g/mol. The third-order valence-electron chi connectivity index (χ3n) is 2.52. The van der Waals surface area contributed by atoms with Gasteiger partial charge in [0.05, 0.1) is 5.69 Å². The number of hydrogen-bond donors (Lipinski definition) is 1. The first-order valence-corrected chi connectivity index (χ1v) is 5.39. The van der Waals surface area contributed by atoms with E-state index < -0.39 is 0 Å². The molecular weight excluding hydrogens is 198 g/mol. The first-order chi connectivity index (χ1) is 7.86.